The van der Waals surface area contributed by atoms with Gasteiger partial charge in [-0.25, -0.2) is 4.90 Å². The quantitative estimate of drug-likeness (QED) is 0.621. The second-order valence-corrected chi connectivity index (χ2v) is 4.38. The Hall–Kier alpha value is -1.57. The number of rotatable bonds is 2. The summed E-state index contributed by atoms with van der Waals surface area (Å²) in [7, 11) is 0. The van der Waals surface area contributed by atoms with E-state index in [1.165, 1.54) is 12.1 Å². The average Bonchev–Trinajstić information content (AvgIpc) is 2.19. The number of benzene rings is 1. The van der Waals surface area contributed by atoms with Crippen molar-refractivity contribution < 1.29 is 27.5 Å². The van der Waals surface area contributed by atoms with Gasteiger partial charge < -0.3 is 4.74 Å². The number of alkyl halides is 3. The number of carbonyl (C=O) groups excluding carboxylic acids is 2. The molecular weight excluding hydrogens is 319 g/mol. The molecule has 18 heavy (non-hydrogen) atoms. The maximum Gasteiger partial charge on any atom is 0.573 e. The second kappa shape index (κ2) is 4.27. The molecule has 1 aromatic carbocycles. The first kappa shape index (κ1) is 12.9. The van der Waals surface area contributed by atoms with Crippen LogP contribution in [0.1, 0.15) is 6.42 Å². The first-order valence-corrected chi connectivity index (χ1v) is 5.48. The Morgan fingerprint density at radius 2 is 1.83 bits per heavy atom. The average molecular weight is 324 g/mol. The van der Waals surface area contributed by atoms with Gasteiger partial charge in [0.1, 0.15) is 6.42 Å². The molecule has 1 saturated heterocycles. The van der Waals surface area contributed by atoms with Gasteiger partial charge in [-0.15, -0.1) is 13.2 Å². The molecular formula is C10H5BrF3NO3. The summed E-state index contributed by atoms with van der Waals surface area (Å²) in [5.41, 5.74) is -0.211. The van der Waals surface area contributed by atoms with Gasteiger partial charge in [-0.05, 0) is 18.2 Å². The Balaban J connectivity index is 2.40. The molecule has 0 saturated carbocycles. The highest BCUT2D eigenvalue weighted by Gasteiger charge is 2.39. The van der Waals surface area contributed by atoms with Crippen molar-refractivity contribution in [3.05, 3.63) is 22.7 Å². The van der Waals surface area contributed by atoms with Gasteiger partial charge in [-0.1, -0.05) is 15.9 Å². The van der Waals surface area contributed by atoms with Gasteiger partial charge in [0.15, 0.2) is 5.75 Å². The molecule has 0 spiro atoms. The Bertz CT molecular complexity index is 516. The van der Waals surface area contributed by atoms with Gasteiger partial charge in [-0.2, -0.15) is 0 Å². The zero-order valence-electron chi connectivity index (χ0n) is 8.62. The predicted octanol–water partition coefficient (Wildman–Crippen LogP) is 2.61. The van der Waals surface area contributed by atoms with Crippen LogP contribution < -0.4 is 9.64 Å². The molecule has 0 N–H and O–H groups in total. The smallest absolute Gasteiger partial charge is 0.403 e. The van der Waals surface area contributed by atoms with Crippen molar-refractivity contribution in [2.45, 2.75) is 12.8 Å². The summed E-state index contributed by atoms with van der Waals surface area (Å²) in [5.74, 6) is -1.72. The van der Waals surface area contributed by atoms with Crippen LogP contribution in [-0.4, -0.2) is 18.2 Å². The van der Waals surface area contributed by atoms with E-state index < -0.39 is 23.9 Å². The van der Waals surface area contributed by atoms with Crippen molar-refractivity contribution >= 4 is 33.4 Å². The minimum atomic E-state index is -4.90. The molecule has 0 aromatic heterocycles. The molecule has 0 unspecified atom stereocenters. The number of anilines is 1. The fourth-order valence-electron chi connectivity index (χ4n) is 1.48. The number of carbonyl (C=O) groups is 2. The molecule has 0 aliphatic carbocycles. The zero-order chi connectivity index (χ0) is 13.5. The zero-order valence-corrected chi connectivity index (χ0v) is 10.2. The van der Waals surface area contributed by atoms with Crippen molar-refractivity contribution in [1.29, 1.82) is 0 Å². The lowest BCUT2D eigenvalue weighted by Crippen LogP contribution is -2.49. The Labute approximate surface area is 107 Å². The Morgan fingerprint density at radius 1 is 1.22 bits per heavy atom. The molecule has 2 amide bonds. The van der Waals surface area contributed by atoms with Gasteiger partial charge >= 0.3 is 6.36 Å². The van der Waals surface area contributed by atoms with Crippen LogP contribution in [-0.2, 0) is 9.59 Å². The summed E-state index contributed by atoms with van der Waals surface area (Å²) >= 11 is 2.99. The lowest BCUT2D eigenvalue weighted by molar-refractivity contribution is -0.274. The number of nitrogens with zero attached hydrogens (tertiary/aromatic N) is 1. The molecule has 0 bridgehead atoms. The summed E-state index contributed by atoms with van der Waals surface area (Å²) in [4.78, 5) is 23.1. The van der Waals surface area contributed by atoms with Gasteiger partial charge in [0.25, 0.3) is 0 Å². The summed E-state index contributed by atoms with van der Waals surface area (Å²) in [6.45, 7) is 0. The molecule has 1 aliphatic rings. The number of ether oxygens (including phenoxy) is 1. The van der Waals surface area contributed by atoms with Crippen molar-refractivity contribution in [1.82, 2.24) is 0 Å². The minimum Gasteiger partial charge on any atom is -0.403 e. The van der Waals surface area contributed by atoms with Gasteiger partial charge in [-0.3, -0.25) is 9.59 Å². The summed E-state index contributed by atoms with van der Waals surface area (Å²) in [6, 6.07) is 3.67. The van der Waals surface area contributed by atoms with Crippen LogP contribution in [0, 0.1) is 0 Å². The van der Waals surface area contributed by atoms with Crippen molar-refractivity contribution in [2.75, 3.05) is 4.90 Å². The van der Waals surface area contributed by atoms with Crippen molar-refractivity contribution in [3.8, 4) is 5.75 Å². The third kappa shape index (κ3) is 2.47. The van der Waals surface area contributed by atoms with Crippen LogP contribution in [0.5, 0.6) is 5.75 Å². The van der Waals surface area contributed by atoms with Crippen LogP contribution in [0.4, 0.5) is 18.9 Å². The standard InChI is InChI=1S/C10H5BrF3NO3/c11-5-1-2-6(15-8(16)4-9(15)17)7(3-5)18-10(12,13)14/h1-3H,4H2. The van der Waals surface area contributed by atoms with E-state index in [2.05, 4.69) is 20.7 Å². The van der Waals surface area contributed by atoms with E-state index >= 15 is 0 Å². The monoisotopic (exact) mass is 323 g/mol. The highest BCUT2D eigenvalue weighted by atomic mass is 79.9. The number of halogens is 4. The number of β-lactam (4-membered cyclic amide) rings is 2. The van der Waals surface area contributed by atoms with E-state index in [1.54, 1.807) is 0 Å². The molecule has 4 nitrogen and oxygen atoms in total. The normalized spacial score (nSPS) is 15.7. The van der Waals surface area contributed by atoms with Gasteiger partial charge in [0, 0.05) is 4.47 Å². The second-order valence-electron chi connectivity index (χ2n) is 3.46. The summed E-state index contributed by atoms with van der Waals surface area (Å²) in [6.07, 6.45) is -5.20. The number of hydrogen-bond acceptors (Lipinski definition) is 3. The third-order valence-corrected chi connectivity index (χ3v) is 2.68. The highest BCUT2D eigenvalue weighted by molar-refractivity contribution is 9.10. The molecule has 1 fully saturated rings. The Morgan fingerprint density at radius 3 is 2.33 bits per heavy atom. The fourth-order valence-corrected chi connectivity index (χ4v) is 1.82. The van der Waals surface area contributed by atoms with Gasteiger partial charge in [0.05, 0.1) is 5.69 Å². The first-order chi connectivity index (χ1) is 8.28. The third-order valence-electron chi connectivity index (χ3n) is 2.19. The van der Waals surface area contributed by atoms with E-state index in [4.69, 9.17) is 0 Å². The molecule has 1 aromatic rings. The largest absolute Gasteiger partial charge is 0.573 e. The molecule has 0 atom stereocenters. The van der Waals surface area contributed by atoms with Crippen LogP contribution >= 0.6 is 15.9 Å². The lowest BCUT2D eigenvalue weighted by atomic mass is 10.1. The topological polar surface area (TPSA) is 46.6 Å². The molecule has 8 heteroatoms. The molecule has 0 radical (unpaired) electrons. The molecule has 1 aliphatic heterocycles. The van der Waals surface area contributed by atoms with Gasteiger partial charge in [0.2, 0.25) is 11.8 Å². The number of amides is 2. The lowest BCUT2D eigenvalue weighted by Gasteiger charge is -2.29. The van der Waals surface area contributed by atoms with Crippen LogP contribution in [0.2, 0.25) is 0 Å². The van der Waals surface area contributed by atoms with Crippen LogP contribution in [0.3, 0.4) is 0 Å². The molecule has 96 valence electrons. The van der Waals surface area contributed by atoms with Crippen molar-refractivity contribution in [3.63, 3.8) is 0 Å². The maximum atomic E-state index is 12.2. The predicted molar refractivity (Wildman–Crippen MR) is 57.9 cm³/mol. The van der Waals surface area contributed by atoms with Crippen molar-refractivity contribution in [2.24, 2.45) is 0 Å². The minimum absolute atomic E-state index is 0.211. The summed E-state index contributed by atoms with van der Waals surface area (Å²) < 4.78 is 40.8. The van der Waals surface area contributed by atoms with E-state index in [0.29, 0.717) is 9.37 Å². The maximum absolute atomic E-state index is 12.2. The SMILES string of the molecule is O=C1CC(=O)N1c1ccc(Br)cc1OC(F)(F)F. The van der Waals surface area contributed by atoms with E-state index in [-0.39, 0.29) is 12.1 Å². The van der Waals surface area contributed by atoms with Crippen LogP contribution in [0.25, 0.3) is 0 Å². The van der Waals surface area contributed by atoms with Crippen LogP contribution in [0.15, 0.2) is 22.7 Å². The molecule has 2 rings (SSSR count). The van der Waals surface area contributed by atoms with E-state index in [0.717, 1.165) is 6.07 Å². The van der Waals surface area contributed by atoms with E-state index in [9.17, 15) is 22.8 Å². The highest BCUT2D eigenvalue weighted by Crippen LogP contribution is 2.37. The fraction of sp³-hybridized carbons (Fsp3) is 0.200. The summed E-state index contributed by atoms with van der Waals surface area (Å²) in [5, 5.41) is 0. The first-order valence-electron chi connectivity index (χ1n) is 4.69. The Kier molecular flexibility index (Phi) is 3.05. The van der Waals surface area contributed by atoms with E-state index in [1.807, 2.05) is 0 Å². The number of hydrogen-bond donors (Lipinski definition) is 0. The molecule has 1 heterocycles. The number of imide groups is 1.